The summed E-state index contributed by atoms with van der Waals surface area (Å²) < 4.78 is 1.92. The van der Waals surface area contributed by atoms with Gasteiger partial charge in [0, 0.05) is 11.9 Å². The van der Waals surface area contributed by atoms with Crippen LogP contribution in [0.25, 0.3) is 10.2 Å². The number of nitrogens with one attached hydrogen (secondary N) is 1. The van der Waals surface area contributed by atoms with Crippen molar-refractivity contribution in [3.63, 3.8) is 0 Å². The molecule has 0 fully saturated rings. The molecule has 2 aromatic heterocycles. The van der Waals surface area contributed by atoms with Crippen molar-refractivity contribution in [1.29, 1.82) is 0 Å². The first-order valence-corrected chi connectivity index (χ1v) is 5.01. The van der Waals surface area contributed by atoms with Gasteiger partial charge in [0.2, 0.25) is 0 Å². The summed E-state index contributed by atoms with van der Waals surface area (Å²) in [7, 11) is 1.67. The molecule has 0 spiro atoms. The van der Waals surface area contributed by atoms with Crippen LogP contribution in [0.3, 0.4) is 0 Å². The van der Waals surface area contributed by atoms with E-state index in [2.05, 4.69) is 4.98 Å². The molecular weight excluding hydrogens is 204 g/mol. The Bertz CT molecular complexity index is 576. The van der Waals surface area contributed by atoms with Crippen LogP contribution < -0.4 is 5.56 Å². The van der Waals surface area contributed by atoms with Gasteiger partial charge in [0.05, 0.1) is 5.39 Å². The van der Waals surface area contributed by atoms with Gasteiger partial charge in [0.1, 0.15) is 4.83 Å². The third kappa shape index (κ3) is 1.24. The second kappa shape index (κ2) is 2.78. The van der Waals surface area contributed by atoms with Gasteiger partial charge in [-0.1, -0.05) is 0 Å². The standard InChI is InChI=1S/C8H8N2OS2/c1-4-3-5-6(13-4)9-8(12)10(2)7(5)11/h3H,1-2H3,(H,9,12). The quantitative estimate of drug-likeness (QED) is 0.678. The van der Waals surface area contributed by atoms with Crippen molar-refractivity contribution in [1.82, 2.24) is 9.55 Å². The molecule has 0 atom stereocenters. The molecule has 2 rings (SSSR count). The van der Waals surface area contributed by atoms with E-state index in [0.717, 1.165) is 15.1 Å². The van der Waals surface area contributed by atoms with Crippen LogP contribution in [0.15, 0.2) is 10.9 Å². The Balaban J connectivity index is 3.10. The van der Waals surface area contributed by atoms with E-state index in [1.165, 1.54) is 4.57 Å². The number of H-pyrrole nitrogens is 1. The summed E-state index contributed by atoms with van der Waals surface area (Å²) in [5, 5.41) is 0.721. The predicted molar refractivity (Wildman–Crippen MR) is 57.0 cm³/mol. The van der Waals surface area contributed by atoms with Gasteiger partial charge in [0.25, 0.3) is 5.56 Å². The van der Waals surface area contributed by atoms with Gasteiger partial charge in [-0.25, -0.2) is 0 Å². The van der Waals surface area contributed by atoms with E-state index in [-0.39, 0.29) is 5.56 Å². The Morgan fingerprint density at radius 3 is 3.00 bits per heavy atom. The molecule has 3 nitrogen and oxygen atoms in total. The lowest BCUT2D eigenvalue weighted by Crippen LogP contribution is -2.17. The first kappa shape index (κ1) is 8.65. The van der Waals surface area contributed by atoms with Crippen LogP contribution in [0.4, 0.5) is 0 Å². The van der Waals surface area contributed by atoms with Crippen molar-refractivity contribution in [3.05, 3.63) is 26.1 Å². The van der Waals surface area contributed by atoms with Crippen LogP contribution in [0, 0.1) is 11.7 Å². The molecule has 2 aromatic rings. The van der Waals surface area contributed by atoms with Crippen molar-refractivity contribution in [3.8, 4) is 0 Å². The van der Waals surface area contributed by atoms with E-state index in [9.17, 15) is 4.79 Å². The van der Waals surface area contributed by atoms with Crippen LogP contribution in [0.1, 0.15) is 4.88 Å². The second-order valence-electron chi connectivity index (χ2n) is 2.89. The first-order chi connectivity index (χ1) is 6.09. The van der Waals surface area contributed by atoms with Gasteiger partial charge in [0.15, 0.2) is 4.77 Å². The molecule has 2 heterocycles. The zero-order chi connectivity index (χ0) is 9.59. The van der Waals surface area contributed by atoms with Crippen molar-refractivity contribution in [2.75, 3.05) is 0 Å². The van der Waals surface area contributed by atoms with E-state index < -0.39 is 0 Å². The maximum atomic E-state index is 11.6. The zero-order valence-corrected chi connectivity index (χ0v) is 8.88. The van der Waals surface area contributed by atoms with Crippen molar-refractivity contribution in [2.45, 2.75) is 6.92 Å². The Morgan fingerprint density at radius 2 is 2.31 bits per heavy atom. The van der Waals surface area contributed by atoms with Gasteiger partial charge in [-0.3, -0.25) is 9.36 Å². The summed E-state index contributed by atoms with van der Waals surface area (Å²) in [6.45, 7) is 1.97. The maximum Gasteiger partial charge on any atom is 0.262 e. The maximum absolute atomic E-state index is 11.6. The number of rotatable bonds is 0. The average molecular weight is 212 g/mol. The number of hydrogen-bond donors (Lipinski definition) is 1. The summed E-state index contributed by atoms with van der Waals surface area (Å²) in [6, 6.07) is 1.88. The molecule has 0 saturated carbocycles. The van der Waals surface area contributed by atoms with Crippen LogP contribution in [0.2, 0.25) is 0 Å². The molecule has 0 saturated heterocycles. The summed E-state index contributed by atoms with van der Waals surface area (Å²) in [4.78, 5) is 16.6. The third-order valence-corrected chi connectivity index (χ3v) is 3.26. The van der Waals surface area contributed by atoms with Gasteiger partial charge >= 0.3 is 0 Å². The number of thiophene rings is 1. The zero-order valence-electron chi connectivity index (χ0n) is 7.25. The van der Waals surface area contributed by atoms with Crippen LogP contribution in [-0.4, -0.2) is 9.55 Å². The lowest BCUT2D eigenvalue weighted by molar-refractivity contribution is 0.826. The average Bonchev–Trinajstić information content (AvgIpc) is 2.42. The highest BCUT2D eigenvalue weighted by molar-refractivity contribution is 7.71. The van der Waals surface area contributed by atoms with E-state index >= 15 is 0 Å². The highest BCUT2D eigenvalue weighted by atomic mass is 32.1. The molecular formula is C8H8N2OS2. The number of aryl methyl sites for hydroxylation is 1. The number of fused-ring (bicyclic) bond motifs is 1. The van der Waals surface area contributed by atoms with Crippen LogP contribution in [0.5, 0.6) is 0 Å². The lowest BCUT2D eigenvalue weighted by atomic mass is 10.4. The Labute approximate surface area is 83.7 Å². The molecule has 0 aliphatic carbocycles. The first-order valence-electron chi connectivity index (χ1n) is 3.79. The fraction of sp³-hybridized carbons (Fsp3) is 0.250. The molecule has 0 bridgehead atoms. The molecule has 0 aliphatic rings. The van der Waals surface area contributed by atoms with Crippen molar-refractivity contribution >= 4 is 33.8 Å². The molecule has 0 radical (unpaired) electrons. The molecule has 0 aromatic carbocycles. The molecule has 5 heteroatoms. The molecule has 68 valence electrons. The molecule has 0 amide bonds. The third-order valence-electron chi connectivity index (χ3n) is 1.92. The molecule has 0 aliphatic heterocycles. The number of hydrogen-bond acceptors (Lipinski definition) is 3. The van der Waals surface area contributed by atoms with Crippen molar-refractivity contribution in [2.24, 2.45) is 7.05 Å². The van der Waals surface area contributed by atoms with Gasteiger partial charge in [-0.05, 0) is 25.2 Å². The van der Waals surface area contributed by atoms with Gasteiger partial charge in [-0.15, -0.1) is 11.3 Å². The topological polar surface area (TPSA) is 37.8 Å². The number of nitrogens with zero attached hydrogens (tertiary/aromatic N) is 1. The molecule has 1 N–H and O–H groups in total. The Hall–Kier alpha value is -0.940. The Kier molecular flexibility index (Phi) is 1.85. The second-order valence-corrected chi connectivity index (χ2v) is 4.54. The highest BCUT2D eigenvalue weighted by Crippen LogP contribution is 2.19. The fourth-order valence-electron chi connectivity index (χ4n) is 1.22. The Morgan fingerprint density at radius 1 is 1.62 bits per heavy atom. The lowest BCUT2D eigenvalue weighted by Gasteiger charge is -1.96. The summed E-state index contributed by atoms with van der Waals surface area (Å²) in [5.74, 6) is 0. The fourth-order valence-corrected chi connectivity index (χ4v) is 2.37. The minimum absolute atomic E-state index is 0.0249. The number of aromatic amines is 1. The van der Waals surface area contributed by atoms with Crippen LogP contribution in [-0.2, 0) is 7.05 Å². The van der Waals surface area contributed by atoms with E-state index in [0.29, 0.717) is 4.77 Å². The summed E-state index contributed by atoms with van der Waals surface area (Å²) in [5.41, 5.74) is -0.0249. The molecule has 13 heavy (non-hydrogen) atoms. The van der Waals surface area contributed by atoms with Crippen molar-refractivity contribution < 1.29 is 0 Å². The minimum Gasteiger partial charge on any atom is -0.323 e. The minimum atomic E-state index is -0.0249. The number of aromatic nitrogens is 2. The monoisotopic (exact) mass is 212 g/mol. The summed E-state index contributed by atoms with van der Waals surface area (Å²) in [6.07, 6.45) is 0. The normalized spacial score (nSPS) is 10.9. The van der Waals surface area contributed by atoms with E-state index in [4.69, 9.17) is 12.2 Å². The predicted octanol–water partition coefficient (Wildman–Crippen LogP) is 1.97. The highest BCUT2D eigenvalue weighted by Gasteiger charge is 2.04. The smallest absolute Gasteiger partial charge is 0.262 e. The SMILES string of the molecule is Cc1cc2c(=O)n(C)c(=S)[nH]c2s1. The van der Waals surface area contributed by atoms with E-state index in [1.807, 2.05) is 13.0 Å². The van der Waals surface area contributed by atoms with Gasteiger partial charge in [-0.2, -0.15) is 0 Å². The van der Waals surface area contributed by atoms with E-state index in [1.54, 1.807) is 18.4 Å². The van der Waals surface area contributed by atoms with Gasteiger partial charge < -0.3 is 4.98 Å². The largest absolute Gasteiger partial charge is 0.323 e. The van der Waals surface area contributed by atoms with Crippen LogP contribution >= 0.6 is 23.6 Å². The summed E-state index contributed by atoms with van der Waals surface area (Å²) >= 11 is 6.55. The molecule has 0 unspecified atom stereocenters.